The zero-order valence-corrected chi connectivity index (χ0v) is 13.7. The van der Waals surface area contributed by atoms with E-state index in [9.17, 15) is 0 Å². The third kappa shape index (κ3) is 3.26. The molecule has 3 aromatic rings. The van der Waals surface area contributed by atoms with Crippen molar-refractivity contribution in [3.63, 3.8) is 0 Å². The van der Waals surface area contributed by atoms with Crippen molar-refractivity contribution in [2.75, 3.05) is 0 Å². The standard InChI is InChI=1S/C21H22N2O/c1-2-6-16(7-3-1)14-18-11-10-17-8-4-5-9-20(17)21(18)22-15-19-12-13-23-24-19/h1-9,12-13,18,21-22H,10-11,14-15H2. The van der Waals surface area contributed by atoms with E-state index >= 15 is 0 Å². The number of fused-ring (bicyclic) bond motifs is 1. The van der Waals surface area contributed by atoms with Crippen LogP contribution in [-0.2, 0) is 19.4 Å². The molecule has 3 heteroatoms. The summed E-state index contributed by atoms with van der Waals surface area (Å²) in [7, 11) is 0. The summed E-state index contributed by atoms with van der Waals surface area (Å²) in [5.41, 5.74) is 4.31. The van der Waals surface area contributed by atoms with Crippen molar-refractivity contribution in [1.29, 1.82) is 0 Å². The van der Waals surface area contributed by atoms with Crippen molar-refractivity contribution in [3.8, 4) is 0 Å². The highest BCUT2D eigenvalue weighted by Gasteiger charge is 2.29. The molecule has 0 saturated heterocycles. The van der Waals surface area contributed by atoms with Crippen LogP contribution in [0.1, 0.15) is 34.9 Å². The van der Waals surface area contributed by atoms with Gasteiger partial charge in [-0.1, -0.05) is 59.8 Å². The molecule has 122 valence electrons. The number of nitrogens with zero attached hydrogens (tertiary/aromatic N) is 1. The van der Waals surface area contributed by atoms with Gasteiger partial charge in [-0.2, -0.15) is 0 Å². The number of nitrogens with one attached hydrogen (secondary N) is 1. The average Bonchev–Trinajstić information content (AvgIpc) is 3.15. The molecule has 3 nitrogen and oxygen atoms in total. The van der Waals surface area contributed by atoms with Gasteiger partial charge in [0.1, 0.15) is 5.76 Å². The molecule has 2 aromatic carbocycles. The largest absolute Gasteiger partial charge is 0.360 e. The number of aromatic nitrogens is 1. The van der Waals surface area contributed by atoms with E-state index in [1.54, 1.807) is 6.20 Å². The molecule has 24 heavy (non-hydrogen) atoms. The molecule has 1 heterocycles. The maximum atomic E-state index is 5.25. The van der Waals surface area contributed by atoms with Gasteiger partial charge in [-0.15, -0.1) is 0 Å². The van der Waals surface area contributed by atoms with Gasteiger partial charge in [0.2, 0.25) is 0 Å². The smallest absolute Gasteiger partial charge is 0.150 e. The maximum absolute atomic E-state index is 5.25. The van der Waals surface area contributed by atoms with Gasteiger partial charge < -0.3 is 9.84 Å². The Hall–Kier alpha value is -2.39. The molecule has 0 amide bonds. The van der Waals surface area contributed by atoms with E-state index in [1.807, 2.05) is 6.07 Å². The van der Waals surface area contributed by atoms with E-state index in [1.165, 1.54) is 23.1 Å². The van der Waals surface area contributed by atoms with Gasteiger partial charge in [-0.3, -0.25) is 0 Å². The molecule has 0 spiro atoms. The Morgan fingerprint density at radius 3 is 2.67 bits per heavy atom. The lowest BCUT2D eigenvalue weighted by atomic mass is 9.77. The second-order valence-corrected chi connectivity index (χ2v) is 6.52. The molecule has 0 bridgehead atoms. The van der Waals surface area contributed by atoms with Gasteiger partial charge in [0, 0.05) is 12.1 Å². The lowest BCUT2D eigenvalue weighted by molar-refractivity contribution is 0.296. The Bertz CT molecular complexity index is 768. The predicted molar refractivity (Wildman–Crippen MR) is 94.5 cm³/mol. The Morgan fingerprint density at radius 2 is 1.83 bits per heavy atom. The van der Waals surface area contributed by atoms with E-state index in [4.69, 9.17) is 4.52 Å². The van der Waals surface area contributed by atoms with Crippen molar-refractivity contribution in [2.45, 2.75) is 31.8 Å². The van der Waals surface area contributed by atoms with Crippen LogP contribution in [0.2, 0.25) is 0 Å². The summed E-state index contributed by atoms with van der Waals surface area (Å²) < 4.78 is 5.25. The third-order valence-corrected chi connectivity index (χ3v) is 4.97. The molecule has 2 atom stereocenters. The molecule has 1 N–H and O–H groups in total. The van der Waals surface area contributed by atoms with Crippen LogP contribution in [0.4, 0.5) is 0 Å². The van der Waals surface area contributed by atoms with Crippen molar-refractivity contribution in [2.24, 2.45) is 5.92 Å². The second-order valence-electron chi connectivity index (χ2n) is 6.52. The molecule has 0 radical (unpaired) electrons. The predicted octanol–water partition coefficient (Wildman–Crippen LogP) is 4.31. The minimum Gasteiger partial charge on any atom is -0.360 e. The van der Waals surface area contributed by atoms with E-state index in [0.717, 1.165) is 18.6 Å². The first-order valence-electron chi connectivity index (χ1n) is 8.65. The lowest BCUT2D eigenvalue weighted by Gasteiger charge is -2.34. The second kappa shape index (κ2) is 7.02. The zero-order valence-electron chi connectivity index (χ0n) is 13.7. The van der Waals surface area contributed by atoms with E-state index in [2.05, 4.69) is 65.1 Å². The summed E-state index contributed by atoms with van der Waals surface area (Å²) in [6, 6.07) is 21.9. The van der Waals surface area contributed by atoms with Crippen LogP contribution in [0.25, 0.3) is 0 Å². The van der Waals surface area contributed by atoms with Crippen LogP contribution in [0.15, 0.2) is 71.4 Å². The zero-order chi connectivity index (χ0) is 16.2. The first-order chi connectivity index (χ1) is 11.9. The summed E-state index contributed by atoms with van der Waals surface area (Å²) in [5.74, 6) is 1.47. The van der Waals surface area contributed by atoms with Crippen LogP contribution in [0.3, 0.4) is 0 Å². The maximum Gasteiger partial charge on any atom is 0.150 e. The molecular weight excluding hydrogens is 296 g/mol. The Morgan fingerprint density at radius 1 is 1.00 bits per heavy atom. The Balaban J connectivity index is 1.57. The summed E-state index contributed by atoms with van der Waals surface area (Å²) in [6.07, 6.45) is 5.17. The fraction of sp³-hybridized carbons (Fsp3) is 0.286. The average molecular weight is 318 g/mol. The van der Waals surface area contributed by atoms with Gasteiger partial charge in [0.25, 0.3) is 0 Å². The number of rotatable bonds is 5. The highest BCUT2D eigenvalue weighted by Crippen LogP contribution is 2.36. The number of benzene rings is 2. The van der Waals surface area contributed by atoms with Crippen molar-refractivity contribution in [1.82, 2.24) is 10.5 Å². The van der Waals surface area contributed by atoms with Crippen molar-refractivity contribution >= 4 is 0 Å². The van der Waals surface area contributed by atoms with Gasteiger partial charge in [0.05, 0.1) is 12.7 Å². The van der Waals surface area contributed by atoms with Crippen LogP contribution in [0.5, 0.6) is 0 Å². The van der Waals surface area contributed by atoms with Crippen LogP contribution in [0, 0.1) is 5.92 Å². The van der Waals surface area contributed by atoms with Crippen LogP contribution in [-0.4, -0.2) is 5.16 Å². The first kappa shape index (κ1) is 15.2. The van der Waals surface area contributed by atoms with E-state index in [0.29, 0.717) is 18.5 Å². The molecule has 1 aliphatic rings. The normalized spacial score (nSPS) is 19.8. The van der Waals surface area contributed by atoms with Gasteiger partial charge in [-0.05, 0) is 41.9 Å². The minimum absolute atomic E-state index is 0.347. The summed E-state index contributed by atoms with van der Waals surface area (Å²) in [5, 5.41) is 7.52. The van der Waals surface area contributed by atoms with Gasteiger partial charge in [-0.25, -0.2) is 0 Å². The molecule has 0 saturated carbocycles. The number of aryl methyl sites for hydroxylation is 1. The first-order valence-corrected chi connectivity index (χ1v) is 8.65. The van der Waals surface area contributed by atoms with E-state index in [-0.39, 0.29) is 0 Å². The quantitative estimate of drug-likeness (QED) is 0.762. The summed E-state index contributed by atoms with van der Waals surface area (Å²) in [4.78, 5) is 0. The van der Waals surface area contributed by atoms with Crippen LogP contribution >= 0.6 is 0 Å². The fourth-order valence-corrected chi connectivity index (χ4v) is 3.78. The third-order valence-electron chi connectivity index (χ3n) is 4.97. The fourth-order valence-electron chi connectivity index (χ4n) is 3.78. The molecule has 0 aliphatic heterocycles. The Kier molecular flexibility index (Phi) is 4.43. The van der Waals surface area contributed by atoms with Crippen molar-refractivity contribution < 1.29 is 4.52 Å². The van der Waals surface area contributed by atoms with Gasteiger partial charge >= 0.3 is 0 Å². The lowest BCUT2D eigenvalue weighted by Crippen LogP contribution is -2.33. The molecule has 1 aliphatic carbocycles. The highest BCUT2D eigenvalue weighted by atomic mass is 16.5. The molecular formula is C21H22N2O. The number of hydrogen-bond acceptors (Lipinski definition) is 3. The topological polar surface area (TPSA) is 38.1 Å². The van der Waals surface area contributed by atoms with Crippen LogP contribution < -0.4 is 5.32 Å². The van der Waals surface area contributed by atoms with E-state index < -0.39 is 0 Å². The summed E-state index contributed by atoms with van der Waals surface area (Å²) >= 11 is 0. The molecule has 4 rings (SSSR count). The molecule has 0 fully saturated rings. The molecule has 1 aromatic heterocycles. The SMILES string of the molecule is c1ccc(CC2CCc3ccccc3C2NCc2ccno2)cc1. The van der Waals surface area contributed by atoms with Gasteiger partial charge in [0.15, 0.2) is 0 Å². The Labute approximate surface area is 142 Å². The highest BCUT2D eigenvalue weighted by molar-refractivity contribution is 5.33. The summed E-state index contributed by atoms with van der Waals surface area (Å²) in [6.45, 7) is 0.713. The molecule has 2 unspecified atom stereocenters. The monoisotopic (exact) mass is 318 g/mol. The minimum atomic E-state index is 0.347. The van der Waals surface area contributed by atoms with Crippen molar-refractivity contribution in [3.05, 3.63) is 89.3 Å². The number of hydrogen-bond donors (Lipinski definition) is 1.